The van der Waals surface area contributed by atoms with E-state index in [1.807, 2.05) is 36.2 Å². The van der Waals surface area contributed by atoms with E-state index in [0.29, 0.717) is 37.7 Å². The van der Waals surface area contributed by atoms with Crippen molar-refractivity contribution in [2.24, 2.45) is 0 Å². The summed E-state index contributed by atoms with van der Waals surface area (Å²) in [6.07, 6.45) is 4.91. The Labute approximate surface area is 213 Å². The number of fused-ring (bicyclic) bond motifs is 3. The molecule has 2 aromatic heterocycles. The lowest BCUT2D eigenvalue weighted by molar-refractivity contribution is -0.141. The fraction of sp³-hybridized carbons (Fsp3) is 0.462. The van der Waals surface area contributed by atoms with Gasteiger partial charge in [-0.25, -0.2) is 9.78 Å². The predicted molar refractivity (Wildman–Crippen MR) is 129 cm³/mol. The van der Waals surface area contributed by atoms with Gasteiger partial charge in [-0.05, 0) is 64.6 Å². The van der Waals surface area contributed by atoms with Crippen molar-refractivity contribution in [3.63, 3.8) is 0 Å². The van der Waals surface area contributed by atoms with Crippen molar-refractivity contribution < 1.29 is 19.1 Å². The first-order valence-electron chi connectivity index (χ1n) is 12.7. The summed E-state index contributed by atoms with van der Waals surface area (Å²) in [6, 6.07) is 6.02. The average Bonchev–Trinajstić information content (AvgIpc) is 3.68. The first kappa shape index (κ1) is 22.5. The maximum absolute atomic E-state index is 13.6. The van der Waals surface area contributed by atoms with Gasteiger partial charge in [-0.2, -0.15) is 4.68 Å². The highest BCUT2D eigenvalue weighted by atomic mass is 16.5. The van der Waals surface area contributed by atoms with Crippen molar-refractivity contribution in [1.82, 2.24) is 35.0 Å². The molecule has 2 fully saturated rings. The summed E-state index contributed by atoms with van der Waals surface area (Å²) in [7, 11) is 0. The minimum atomic E-state index is -0.247. The van der Waals surface area contributed by atoms with E-state index in [1.165, 1.54) is 11.0 Å². The normalized spacial score (nSPS) is 24.9. The predicted octanol–water partition coefficient (Wildman–Crippen LogP) is 1.35. The molecule has 1 amide bonds. The quantitative estimate of drug-likeness (QED) is 0.491. The summed E-state index contributed by atoms with van der Waals surface area (Å²) in [4.78, 5) is 34.4. The third-order valence-corrected chi connectivity index (χ3v) is 8.33. The highest BCUT2D eigenvalue weighted by molar-refractivity contribution is 5.94. The maximum Gasteiger partial charge on any atom is 0.338 e. The number of aromatic nitrogens is 5. The third kappa shape index (κ3) is 3.72. The highest BCUT2D eigenvalue weighted by Gasteiger charge is 2.39. The van der Waals surface area contributed by atoms with Crippen LogP contribution in [0.2, 0.25) is 0 Å². The van der Waals surface area contributed by atoms with Crippen LogP contribution < -0.4 is 0 Å². The molecule has 1 aromatic carbocycles. The number of amides is 1. The Kier molecular flexibility index (Phi) is 5.29. The maximum atomic E-state index is 13.6. The van der Waals surface area contributed by atoms with E-state index in [0.717, 1.165) is 53.7 Å². The number of hydrogen-bond donors (Lipinski definition) is 0. The fourth-order valence-corrected chi connectivity index (χ4v) is 6.24. The molecular formula is C26H27N7O4. The Morgan fingerprint density at radius 1 is 1.16 bits per heavy atom. The number of nitrogens with zero attached hydrogens (tertiary/aromatic N) is 7. The Hall–Kier alpha value is -3.70. The second-order valence-electron chi connectivity index (χ2n) is 10.2. The molecule has 11 heteroatoms. The monoisotopic (exact) mass is 501 g/mol. The molecule has 190 valence electrons. The molecule has 7 rings (SSSR count). The number of aryl methyl sites for hydroxylation is 1. The molecule has 3 atom stereocenters. The first-order chi connectivity index (χ1) is 18.1. The van der Waals surface area contributed by atoms with Gasteiger partial charge in [0.2, 0.25) is 5.91 Å². The number of piperazine rings is 1. The number of morpholine rings is 1. The van der Waals surface area contributed by atoms with E-state index in [4.69, 9.17) is 9.47 Å². The van der Waals surface area contributed by atoms with Crippen LogP contribution in [0.25, 0.3) is 5.82 Å². The van der Waals surface area contributed by atoms with Crippen molar-refractivity contribution in [3.05, 3.63) is 64.1 Å². The smallest absolute Gasteiger partial charge is 0.338 e. The number of carbonyl (C=O) groups excluding carboxylic acids is 2. The minimum Gasteiger partial charge on any atom is -0.457 e. The molecule has 0 N–H and O–H groups in total. The van der Waals surface area contributed by atoms with Crippen LogP contribution in [0.1, 0.15) is 56.6 Å². The van der Waals surface area contributed by atoms with E-state index >= 15 is 0 Å². The van der Waals surface area contributed by atoms with Crippen LogP contribution in [0.3, 0.4) is 0 Å². The molecule has 0 saturated carbocycles. The largest absolute Gasteiger partial charge is 0.457 e. The number of rotatable bonds is 3. The van der Waals surface area contributed by atoms with E-state index in [9.17, 15) is 9.59 Å². The molecule has 4 aliphatic rings. The summed E-state index contributed by atoms with van der Waals surface area (Å²) >= 11 is 0. The van der Waals surface area contributed by atoms with Crippen molar-refractivity contribution in [3.8, 4) is 5.82 Å². The van der Waals surface area contributed by atoms with Gasteiger partial charge in [0, 0.05) is 37.9 Å². The summed E-state index contributed by atoms with van der Waals surface area (Å²) in [6.45, 7) is 5.91. The Morgan fingerprint density at radius 3 is 2.95 bits per heavy atom. The van der Waals surface area contributed by atoms with E-state index in [1.54, 1.807) is 0 Å². The van der Waals surface area contributed by atoms with Crippen LogP contribution >= 0.6 is 0 Å². The minimum absolute atomic E-state index is 0.0540. The Bertz CT molecular complexity index is 1390. The van der Waals surface area contributed by atoms with Crippen molar-refractivity contribution in [1.29, 1.82) is 0 Å². The molecule has 0 radical (unpaired) electrons. The molecular weight excluding hydrogens is 474 g/mol. The number of benzene rings is 1. The summed E-state index contributed by atoms with van der Waals surface area (Å²) in [5.41, 5.74) is 5.98. The van der Waals surface area contributed by atoms with Gasteiger partial charge in [0.25, 0.3) is 0 Å². The molecule has 2 saturated heterocycles. The zero-order chi connectivity index (χ0) is 25.1. The van der Waals surface area contributed by atoms with E-state index < -0.39 is 0 Å². The molecule has 37 heavy (non-hydrogen) atoms. The molecule has 0 spiro atoms. The first-order valence-corrected chi connectivity index (χ1v) is 12.7. The summed E-state index contributed by atoms with van der Waals surface area (Å²) < 4.78 is 13.1. The summed E-state index contributed by atoms with van der Waals surface area (Å²) in [5.74, 6) is 0.436. The Balaban J connectivity index is 1.02. The van der Waals surface area contributed by atoms with Crippen LogP contribution in [0.5, 0.6) is 0 Å². The highest BCUT2D eigenvalue weighted by Crippen LogP contribution is 2.37. The molecule has 1 unspecified atom stereocenters. The lowest BCUT2D eigenvalue weighted by Crippen LogP contribution is -2.60. The molecule has 3 aliphatic heterocycles. The number of hydrogen-bond acceptors (Lipinski definition) is 9. The van der Waals surface area contributed by atoms with Gasteiger partial charge >= 0.3 is 5.97 Å². The molecule has 5 heterocycles. The van der Waals surface area contributed by atoms with Crippen molar-refractivity contribution in [2.75, 3.05) is 32.8 Å². The number of pyridine rings is 1. The van der Waals surface area contributed by atoms with Crippen molar-refractivity contribution >= 4 is 11.9 Å². The topological polar surface area (TPSA) is 116 Å². The van der Waals surface area contributed by atoms with Crippen LogP contribution in [-0.2, 0) is 27.3 Å². The number of carbonyl (C=O) groups is 2. The lowest BCUT2D eigenvalue weighted by atomic mass is 9.93. The van der Waals surface area contributed by atoms with Gasteiger partial charge in [-0.15, -0.1) is 5.10 Å². The van der Waals surface area contributed by atoms with Crippen LogP contribution in [-0.4, -0.2) is 85.7 Å². The van der Waals surface area contributed by atoms with Crippen LogP contribution in [0.4, 0.5) is 0 Å². The van der Waals surface area contributed by atoms with Crippen LogP contribution in [0.15, 0.2) is 30.7 Å². The van der Waals surface area contributed by atoms with Crippen LogP contribution in [0, 0.1) is 6.92 Å². The average molecular weight is 502 g/mol. The summed E-state index contributed by atoms with van der Waals surface area (Å²) in [5, 5.41) is 11.3. The Morgan fingerprint density at radius 2 is 2.08 bits per heavy atom. The second-order valence-corrected chi connectivity index (χ2v) is 10.2. The molecule has 3 aromatic rings. The van der Waals surface area contributed by atoms with Gasteiger partial charge in [0.05, 0.1) is 30.2 Å². The number of cyclic esters (lactones) is 1. The van der Waals surface area contributed by atoms with Gasteiger partial charge in [0.1, 0.15) is 12.9 Å². The number of esters is 1. The van der Waals surface area contributed by atoms with E-state index in [2.05, 4.69) is 25.4 Å². The fourth-order valence-electron chi connectivity index (χ4n) is 6.24. The second kappa shape index (κ2) is 8.70. The van der Waals surface area contributed by atoms with E-state index in [-0.39, 0.29) is 29.9 Å². The van der Waals surface area contributed by atoms with Gasteiger partial charge in [-0.3, -0.25) is 9.69 Å². The van der Waals surface area contributed by atoms with Gasteiger partial charge in [0.15, 0.2) is 5.82 Å². The lowest BCUT2D eigenvalue weighted by Gasteiger charge is -2.46. The van der Waals surface area contributed by atoms with Gasteiger partial charge in [-0.1, -0.05) is 6.07 Å². The number of tetrazole rings is 1. The molecule has 1 aliphatic carbocycles. The molecule has 0 bridgehead atoms. The van der Waals surface area contributed by atoms with Gasteiger partial charge < -0.3 is 14.4 Å². The molecule has 11 nitrogen and oxygen atoms in total. The standard InChI is InChI=1S/C26H27N7O4/c1-15-18(4-5-20-22(15)13-37-26(20)35)23-11-31-6-7-32(10-17(31)12-36-23)25(34)19-3-2-16-8-24(27-9-21(16)19)33-14-28-29-30-33/h4-5,8-9,14,17,19,23H,2-3,6-7,10-13H2,1H3/t17-,19?,23-/m0/s1. The number of ether oxygens (including phenoxy) is 2. The third-order valence-electron chi connectivity index (χ3n) is 8.33. The zero-order valence-electron chi connectivity index (χ0n) is 20.5. The van der Waals surface area contributed by atoms with Crippen molar-refractivity contribution in [2.45, 2.75) is 44.4 Å². The SMILES string of the molecule is Cc1c([C@@H]2CN3CCN(C(=O)C4CCc5cc(-n6cnnn6)ncc54)C[C@H]3CO2)ccc2c1COC2=O. The zero-order valence-corrected chi connectivity index (χ0v) is 20.5.